The van der Waals surface area contributed by atoms with Crippen molar-refractivity contribution in [1.82, 2.24) is 4.98 Å². The molecule has 0 radical (unpaired) electrons. The molecular weight excluding hydrogens is 258 g/mol. The van der Waals surface area contributed by atoms with Gasteiger partial charge in [0.25, 0.3) is 0 Å². The number of carbonyl (C=O) groups is 1. The van der Waals surface area contributed by atoms with Crippen molar-refractivity contribution >= 4 is 27.5 Å². The summed E-state index contributed by atoms with van der Waals surface area (Å²) in [6.45, 7) is 6.50. The average molecular weight is 277 g/mol. The summed E-state index contributed by atoms with van der Waals surface area (Å²) >= 11 is 1.73. The Morgan fingerprint density at radius 2 is 2.11 bits per heavy atom. The highest BCUT2D eigenvalue weighted by Gasteiger charge is 2.18. The van der Waals surface area contributed by atoms with E-state index in [-0.39, 0.29) is 11.8 Å². The normalized spacial score (nSPS) is 11.9. The van der Waals surface area contributed by atoms with Gasteiger partial charge < -0.3 is 5.11 Å². The zero-order chi connectivity index (χ0) is 14.0. The van der Waals surface area contributed by atoms with Crippen LogP contribution in [0, 0.1) is 0 Å². The maximum Gasteiger partial charge on any atom is 0.303 e. The molecule has 0 spiro atoms. The van der Waals surface area contributed by atoms with Crippen molar-refractivity contribution in [3.8, 4) is 0 Å². The minimum Gasteiger partial charge on any atom is -0.481 e. The molecule has 0 aliphatic rings. The SMILES string of the molecule is CC(C)(C)c1nc2ccc(CCCC(=O)O)cc2s1. The van der Waals surface area contributed by atoms with Crippen LogP contribution in [-0.4, -0.2) is 16.1 Å². The number of aromatic nitrogens is 1. The highest BCUT2D eigenvalue weighted by molar-refractivity contribution is 7.18. The van der Waals surface area contributed by atoms with E-state index in [0.29, 0.717) is 6.42 Å². The number of carboxylic acid groups (broad SMARTS) is 1. The molecule has 0 atom stereocenters. The molecule has 1 aromatic heterocycles. The van der Waals surface area contributed by atoms with E-state index in [1.807, 2.05) is 6.07 Å². The van der Waals surface area contributed by atoms with Gasteiger partial charge in [-0.2, -0.15) is 0 Å². The van der Waals surface area contributed by atoms with Crippen LogP contribution in [-0.2, 0) is 16.6 Å². The van der Waals surface area contributed by atoms with Gasteiger partial charge >= 0.3 is 5.97 Å². The fourth-order valence-electron chi connectivity index (χ4n) is 1.89. The van der Waals surface area contributed by atoms with Crippen molar-refractivity contribution in [1.29, 1.82) is 0 Å². The Balaban J connectivity index is 2.18. The molecule has 0 aliphatic heterocycles. The third-order valence-corrected chi connectivity index (χ3v) is 4.39. The van der Waals surface area contributed by atoms with E-state index in [1.165, 1.54) is 10.3 Å². The lowest BCUT2D eigenvalue weighted by Gasteiger charge is -2.13. The molecule has 3 nitrogen and oxygen atoms in total. The van der Waals surface area contributed by atoms with Crippen LogP contribution in [0.1, 0.15) is 44.2 Å². The number of thiazole rings is 1. The van der Waals surface area contributed by atoms with Crippen LogP contribution < -0.4 is 0 Å². The number of aliphatic carboxylic acids is 1. The lowest BCUT2D eigenvalue weighted by atomic mass is 9.98. The second kappa shape index (κ2) is 5.29. The van der Waals surface area contributed by atoms with Gasteiger partial charge in [-0.25, -0.2) is 4.98 Å². The summed E-state index contributed by atoms with van der Waals surface area (Å²) in [5.74, 6) is -0.728. The lowest BCUT2D eigenvalue weighted by molar-refractivity contribution is -0.137. The first-order chi connectivity index (χ1) is 8.86. The summed E-state index contributed by atoms with van der Waals surface area (Å²) in [5.41, 5.74) is 2.31. The summed E-state index contributed by atoms with van der Waals surface area (Å²) in [7, 11) is 0. The van der Waals surface area contributed by atoms with Crippen molar-refractivity contribution < 1.29 is 9.90 Å². The van der Waals surface area contributed by atoms with Crippen LogP contribution in [0.3, 0.4) is 0 Å². The quantitative estimate of drug-likeness (QED) is 0.919. The zero-order valence-corrected chi connectivity index (χ0v) is 12.4. The van der Waals surface area contributed by atoms with Crippen LogP contribution in [0.5, 0.6) is 0 Å². The molecule has 2 rings (SSSR count). The monoisotopic (exact) mass is 277 g/mol. The van der Waals surface area contributed by atoms with Gasteiger partial charge in [-0.1, -0.05) is 26.8 Å². The Bertz CT molecular complexity index is 596. The van der Waals surface area contributed by atoms with Crippen LogP contribution in [0.15, 0.2) is 18.2 Å². The van der Waals surface area contributed by atoms with Gasteiger partial charge in [-0.3, -0.25) is 4.79 Å². The minimum atomic E-state index is -0.728. The van der Waals surface area contributed by atoms with Gasteiger partial charge in [-0.05, 0) is 30.5 Å². The lowest BCUT2D eigenvalue weighted by Crippen LogP contribution is -2.09. The first kappa shape index (κ1) is 14.0. The summed E-state index contributed by atoms with van der Waals surface area (Å²) < 4.78 is 1.19. The van der Waals surface area contributed by atoms with Crippen LogP contribution in [0.2, 0.25) is 0 Å². The van der Waals surface area contributed by atoms with Gasteiger partial charge in [0.2, 0.25) is 0 Å². The molecule has 1 heterocycles. The number of nitrogens with zero attached hydrogens (tertiary/aromatic N) is 1. The highest BCUT2D eigenvalue weighted by Crippen LogP contribution is 2.31. The van der Waals surface area contributed by atoms with Crippen LogP contribution in [0.25, 0.3) is 10.2 Å². The Labute approximate surface area is 117 Å². The minimum absolute atomic E-state index is 0.0765. The maximum atomic E-state index is 10.5. The van der Waals surface area contributed by atoms with E-state index in [4.69, 9.17) is 5.11 Å². The predicted molar refractivity (Wildman–Crippen MR) is 78.9 cm³/mol. The molecule has 2 aromatic rings. The Kier molecular flexibility index (Phi) is 3.90. The van der Waals surface area contributed by atoms with E-state index in [0.717, 1.165) is 16.9 Å². The molecule has 1 N–H and O–H groups in total. The van der Waals surface area contributed by atoms with Crippen molar-refractivity contribution in [3.63, 3.8) is 0 Å². The molecule has 0 aliphatic carbocycles. The first-order valence-electron chi connectivity index (χ1n) is 6.48. The van der Waals surface area contributed by atoms with Gasteiger partial charge in [0.15, 0.2) is 0 Å². The van der Waals surface area contributed by atoms with E-state index < -0.39 is 5.97 Å². The van der Waals surface area contributed by atoms with Gasteiger partial charge in [0.1, 0.15) is 0 Å². The molecule has 0 amide bonds. The molecular formula is C15H19NO2S. The highest BCUT2D eigenvalue weighted by atomic mass is 32.1. The predicted octanol–water partition coefficient (Wildman–Crippen LogP) is 4.00. The molecule has 4 heteroatoms. The number of fused-ring (bicyclic) bond motifs is 1. The third kappa shape index (κ3) is 3.53. The Morgan fingerprint density at radius 1 is 1.37 bits per heavy atom. The third-order valence-electron chi connectivity index (χ3n) is 2.95. The molecule has 19 heavy (non-hydrogen) atoms. The molecule has 0 fully saturated rings. The Hall–Kier alpha value is -1.42. The Morgan fingerprint density at radius 3 is 2.74 bits per heavy atom. The van der Waals surface area contributed by atoms with Crippen molar-refractivity contribution in [2.24, 2.45) is 0 Å². The standard InChI is InChI=1S/C15H19NO2S/c1-15(2,3)14-16-11-8-7-10(9-12(11)19-14)5-4-6-13(17)18/h7-9H,4-6H2,1-3H3,(H,17,18). The van der Waals surface area contributed by atoms with E-state index in [2.05, 4.69) is 37.9 Å². The van der Waals surface area contributed by atoms with Crippen LogP contribution in [0.4, 0.5) is 0 Å². The van der Waals surface area contributed by atoms with Crippen molar-refractivity contribution in [2.75, 3.05) is 0 Å². The second-order valence-corrected chi connectivity index (χ2v) is 6.85. The number of rotatable bonds is 4. The largest absolute Gasteiger partial charge is 0.481 e. The number of hydrogen-bond acceptors (Lipinski definition) is 3. The van der Waals surface area contributed by atoms with Crippen LogP contribution >= 0.6 is 11.3 Å². The number of hydrogen-bond donors (Lipinski definition) is 1. The number of carboxylic acids is 1. The van der Waals surface area contributed by atoms with E-state index in [9.17, 15) is 4.79 Å². The number of benzene rings is 1. The fourth-order valence-corrected chi connectivity index (χ4v) is 2.98. The van der Waals surface area contributed by atoms with Crippen molar-refractivity contribution in [3.05, 3.63) is 28.8 Å². The van der Waals surface area contributed by atoms with Gasteiger partial charge in [-0.15, -0.1) is 11.3 Å². The molecule has 1 aromatic carbocycles. The van der Waals surface area contributed by atoms with E-state index >= 15 is 0 Å². The fraction of sp³-hybridized carbons (Fsp3) is 0.467. The summed E-state index contributed by atoms with van der Waals surface area (Å²) in [6.07, 6.45) is 1.73. The number of aryl methyl sites for hydroxylation is 1. The summed E-state index contributed by atoms with van der Waals surface area (Å²) in [4.78, 5) is 15.2. The topological polar surface area (TPSA) is 50.2 Å². The van der Waals surface area contributed by atoms with Gasteiger partial charge in [0, 0.05) is 11.8 Å². The first-order valence-corrected chi connectivity index (χ1v) is 7.29. The van der Waals surface area contributed by atoms with Gasteiger partial charge in [0.05, 0.1) is 15.2 Å². The smallest absolute Gasteiger partial charge is 0.303 e. The molecule has 102 valence electrons. The molecule has 0 saturated carbocycles. The summed E-state index contributed by atoms with van der Waals surface area (Å²) in [6, 6.07) is 6.23. The zero-order valence-electron chi connectivity index (χ0n) is 11.6. The van der Waals surface area contributed by atoms with E-state index in [1.54, 1.807) is 11.3 Å². The average Bonchev–Trinajstić information content (AvgIpc) is 2.71. The van der Waals surface area contributed by atoms with Crippen molar-refractivity contribution in [2.45, 2.75) is 45.4 Å². The molecule has 0 unspecified atom stereocenters. The summed E-state index contributed by atoms with van der Waals surface area (Å²) in [5, 5.41) is 9.79. The maximum absolute atomic E-state index is 10.5. The molecule has 0 bridgehead atoms. The molecule has 0 saturated heterocycles. The second-order valence-electron chi connectivity index (χ2n) is 5.82.